The van der Waals surface area contributed by atoms with Crippen LogP contribution in [0.4, 0.5) is 0 Å². The van der Waals surface area contributed by atoms with Crippen LogP contribution in [0.15, 0.2) is 0 Å². The third kappa shape index (κ3) is 3.72. The highest BCUT2D eigenvalue weighted by molar-refractivity contribution is 4.82. The Morgan fingerprint density at radius 3 is 1.81 bits per heavy atom. The molecule has 96 valence electrons. The number of piperazine rings is 1. The molecule has 1 N–H and O–H groups in total. The number of likely N-dealkylation sites (N-methyl/N-ethyl adjacent to an activating group) is 1. The summed E-state index contributed by atoms with van der Waals surface area (Å²) in [5, 5.41) is 3.33. The highest BCUT2D eigenvalue weighted by Gasteiger charge is 2.25. The molecule has 1 rings (SSSR count). The van der Waals surface area contributed by atoms with E-state index in [1.807, 2.05) is 0 Å². The van der Waals surface area contributed by atoms with Crippen LogP contribution in [-0.2, 0) is 0 Å². The standard InChI is InChI=1S/C13H29N3/c1-11(2)13(10-14-5)16-8-6-15(7-9-16)12(3)4/h11-14H,6-10H2,1-5H3. The minimum atomic E-state index is 0.694. The highest BCUT2D eigenvalue weighted by atomic mass is 15.3. The molecule has 0 radical (unpaired) electrons. The van der Waals surface area contributed by atoms with Gasteiger partial charge in [-0.05, 0) is 26.8 Å². The van der Waals surface area contributed by atoms with Gasteiger partial charge in [0.1, 0.15) is 0 Å². The first-order valence-corrected chi connectivity index (χ1v) is 6.69. The lowest BCUT2D eigenvalue weighted by Gasteiger charge is -2.42. The topological polar surface area (TPSA) is 18.5 Å². The van der Waals surface area contributed by atoms with Gasteiger partial charge in [-0.25, -0.2) is 0 Å². The predicted octanol–water partition coefficient (Wildman–Crippen LogP) is 1.26. The van der Waals surface area contributed by atoms with Gasteiger partial charge in [-0.3, -0.25) is 9.80 Å². The molecule has 0 bridgehead atoms. The zero-order valence-corrected chi connectivity index (χ0v) is 11.7. The molecule has 3 nitrogen and oxygen atoms in total. The SMILES string of the molecule is CNCC(C(C)C)N1CCN(C(C)C)CC1. The average molecular weight is 227 g/mol. The van der Waals surface area contributed by atoms with Crippen LogP contribution >= 0.6 is 0 Å². The van der Waals surface area contributed by atoms with Crippen LogP contribution in [0.25, 0.3) is 0 Å². The molecular weight excluding hydrogens is 198 g/mol. The zero-order chi connectivity index (χ0) is 12.1. The number of nitrogens with one attached hydrogen (secondary N) is 1. The second-order valence-corrected chi connectivity index (χ2v) is 5.53. The van der Waals surface area contributed by atoms with E-state index in [-0.39, 0.29) is 0 Å². The number of nitrogens with zero attached hydrogens (tertiary/aromatic N) is 2. The lowest BCUT2D eigenvalue weighted by Crippen LogP contribution is -2.55. The van der Waals surface area contributed by atoms with Gasteiger partial charge >= 0.3 is 0 Å². The monoisotopic (exact) mass is 227 g/mol. The summed E-state index contributed by atoms with van der Waals surface area (Å²) in [4.78, 5) is 5.23. The van der Waals surface area contributed by atoms with Crippen molar-refractivity contribution in [3.8, 4) is 0 Å². The Labute approximate surface area is 101 Å². The second kappa shape index (κ2) is 6.58. The van der Waals surface area contributed by atoms with E-state index in [2.05, 4.69) is 49.9 Å². The summed E-state index contributed by atoms with van der Waals surface area (Å²) < 4.78 is 0. The number of hydrogen-bond donors (Lipinski definition) is 1. The largest absolute Gasteiger partial charge is 0.318 e. The Kier molecular flexibility index (Phi) is 5.73. The summed E-state index contributed by atoms with van der Waals surface area (Å²) in [5.41, 5.74) is 0. The van der Waals surface area contributed by atoms with E-state index in [0.29, 0.717) is 12.1 Å². The first-order chi connectivity index (χ1) is 7.56. The Morgan fingerprint density at radius 2 is 1.44 bits per heavy atom. The van der Waals surface area contributed by atoms with Crippen LogP contribution in [0.1, 0.15) is 27.7 Å². The maximum atomic E-state index is 3.33. The van der Waals surface area contributed by atoms with E-state index in [4.69, 9.17) is 0 Å². The van der Waals surface area contributed by atoms with Crippen LogP contribution < -0.4 is 5.32 Å². The zero-order valence-electron chi connectivity index (χ0n) is 11.7. The van der Waals surface area contributed by atoms with Crippen molar-refractivity contribution in [2.75, 3.05) is 39.8 Å². The van der Waals surface area contributed by atoms with Gasteiger partial charge in [0.05, 0.1) is 0 Å². The fourth-order valence-electron chi connectivity index (χ4n) is 2.58. The Bertz CT molecular complexity index is 184. The average Bonchev–Trinajstić information content (AvgIpc) is 2.25. The van der Waals surface area contributed by atoms with Gasteiger partial charge in [-0.2, -0.15) is 0 Å². The molecule has 3 heteroatoms. The third-order valence-electron chi connectivity index (χ3n) is 3.73. The Morgan fingerprint density at radius 1 is 0.938 bits per heavy atom. The molecule has 0 aliphatic carbocycles. The molecule has 0 spiro atoms. The van der Waals surface area contributed by atoms with Crippen molar-refractivity contribution in [3.05, 3.63) is 0 Å². The number of rotatable bonds is 5. The van der Waals surface area contributed by atoms with Gasteiger partial charge in [-0.15, -0.1) is 0 Å². The molecule has 0 aromatic rings. The summed E-state index contributed by atoms with van der Waals surface area (Å²) in [6, 6.07) is 1.39. The molecule has 1 saturated heterocycles. The second-order valence-electron chi connectivity index (χ2n) is 5.53. The molecule has 1 aliphatic heterocycles. The molecular formula is C13H29N3. The molecule has 0 amide bonds. The molecule has 0 saturated carbocycles. The molecule has 0 aromatic heterocycles. The molecule has 1 aliphatic rings. The fourth-order valence-corrected chi connectivity index (χ4v) is 2.58. The van der Waals surface area contributed by atoms with E-state index >= 15 is 0 Å². The Balaban J connectivity index is 2.44. The minimum Gasteiger partial charge on any atom is -0.318 e. The van der Waals surface area contributed by atoms with Crippen LogP contribution in [0, 0.1) is 5.92 Å². The van der Waals surface area contributed by atoms with Crippen LogP contribution in [0.3, 0.4) is 0 Å². The van der Waals surface area contributed by atoms with Crippen molar-refractivity contribution in [3.63, 3.8) is 0 Å². The van der Waals surface area contributed by atoms with E-state index in [0.717, 1.165) is 12.5 Å². The summed E-state index contributed by atoms with van der Waals surface area (Å²) in [6.07, 6.45) is 0. The van der Waals surface area contributed by atoms with Crippen molar-refractivity contribution in [1.82, 2.24) is 15.1 Å². The van der Waals surface area contributed by atoms with E-state index < -0.39 is 0 Å². The number of hydrogen-bond acceptors (Lipinski definition) is 3. The van der Waals surface area contributed by atoms with E-state index in [1.54, 1.807) is 0 Å². The van der Waals surface area contributed by atoms with E-state index in [9.17, 15) is 0 Å². The summed E-state index contributed by atoms with van der Waals surface area (Å²) in [5.74, 6) is 0.734. The fraction of sp³-hybridized carbons (Fsp3) is 1.00. The van der Waals surface area contributed by atoms with Gasteiger partial charge < -0.3 is 5.32 Å². The smallest absolute Gasteiger partial charge is 0.0244 e. The van der Waals surface area contributed by atoms with Crippen molar-refractivity contribution in [2.45, 2.75) is 39.8 Å². The molecule has 1 fully saturated rings. The lowest BCUT2D eigenvalue weighted by molar-refractivity contribution is 0.0622. The van der Waals surface area contributed by atoms with Gasteiger partial charge in [0, 0.05) is 44.8 Å². The minimum absolute atomic E-state index is 0.694. The van der Waals surface area contributed by atoms with Crippen LogP contribution in [-0.4, -0.2) is 61.7 Å². The molecule has 1 unspecified atom stereocenters. The summed E-state index contributed by atoms with van der Waals surface area (Å²) in [6.45, 7) is 15.3. The van der Waals surface area contributed by atoms with Crippen LogP contribution in [0.5, 0.6) is 0 Å². The Hall–Kier alpha value is -0.120. The van der Waals surface area contributed by atoms with Crippen molar-refractivity contribution in [1.29, 1.82) is 0 Å². The summed E-state index contributed by atoms with van der Waals surface area (Å²) >= 11 is 0. The van der Waals surface area contributed by atoms with E-state index in [1.165, 1.54) is 26.2 Å². The van der Waals surface area contributed by atoms with Crippen molar-refractivity contribution < 1.29 is 0 Å². The van der Waals surface area contributed by atoms with Crippen LogP contribution in [0.2, 0.25) is 0 Å². The quantitative estimate of drug-likeness (QED) is 0.763. The molecule has 1 atom stereocenters. The first kappa shape index (κ1) is 13.9. The maximum Gasteiger partial charge on any atom is 0.0244 e. The predicted molar refractivity (Wildman–Crippen MR) is 70.8 cm³/mol. The van der Waals surface area contributed by atoms with Gasteiger partial charge in [-0.1, -0.05) is 13.8 Å². The molecule has 1 heterocycles. The van der Waals surface area contributed by atoms with Crippen molar-refractivity contribution >= 4 is 0 Å². The normalized spacial score (nSPS) is 21.9. The molecule has 0 aromatic carbocycles. The van der Waals surface area contributed by atoms with Gasteiger partial charge in [0.25, 0.3) is 0 Å². The van der Waals surface area contributed by atoms with Gasteiger partial charge in [0.2, 0.25) is 0 Å². The van der Waals surface area contributed by atoms with Crippen molar-refractivity contribution in [2.24, 2.45) is 5.92 Å². The highest BCUT2D eigenvalue weighted by Crippen LogP contribution is 2.14. The first-order valence-electron chi connectivity index (χ1n) is 6.69. The maximum absolute atomic E-state index is 3.33. The molecule has 16 heavy (non-hydrogen) atoms. The third-order valence-corrected chi connectivity index (χ3v) is 3.73. The lowest BCUT2D eigenvalue weighted by atomic mass is 10.0. The van der Waals surface area contributed by atoms with Gasteiger partial charge in [0.15, 0.2) is 0 Å². The summed E-state index contributed by atoms with van der Waals surface area (Å²) in [7, 11) is 2.06.